The van der Waals surface area contributed by atoms with Crippen LogP contribution in [-0.2, 0) is 16.6 Å². The second-order valence-corrected chi connectivity index (χ2v) is 9.85. The van der Waals surface area contributed by atoms with E-state index in [1.807, 2.05) is 47.9 Å². The third kappa shape index (κ3) is 4.97. The highest BCUT2D eigenvalue weighted by atomic mass is 32.2. The summed E-state index contributed by atoms with van der Waals surface area (Å²) < 4.78 is 29.4. The number of aromatic nitrogens is 2. The van der Waals surface area contributed by atoms with Crippen molar-refractivity contribution in [2.24, 2.45) is 0 Å². The van der Waals surface area contributed by atoms with Crippen LogP contribution in [0.4, 0.5) is 0 Å². The van der Waals surface area contributed by atoms with E-state index in [-0.39, 0.29) is 23.4 Å². The minimum atomic E-state index is -3.60. The van der Waals surface area contributed by atoms with E-state index in [0.29, 0.717) is 11.1 Å². The molecule has 0 bridgehead atoms. The van der Waals surface area contributed by atoms with Gasteiger partial charge in [0.2, 0.25) is 10.0 Å². The number of aryl methyl sites for hydroxylation is 1. The quantitative estimate of drug-likeness (QED) is 0.435. The van der Waals surface area contributed by atoms with Crippen molar-refractivity contribution >= 4 is 27.0 Å². The molecule has 8 heteroatoms. The number of rotatable bonds is 7. The number of amides is 1. The van der Waals surface area contributed by atoms with Gasteiger partial charge in [0.1, 0.15) is 5.82 Å². The molecule has 0 atom stereocenters. The Morgan fingerprint density at radius 2 is 1.76 bits per heavy atom. The molecule has 1 heterocycles. The SMILES string of the molecule is Cc1nc2cc(C(=O)NCc3cccc(S(=O)(=O)NC(C)C)c3)ccc2n1-c1ccccc1. The highest BCUT2D eigenvalue weighted by molar-refractivity contribution is 7.89. The van der Waals surface area contributed by atoms with E-state index < -0.39 is 10.0 Å². The lowest BCUT2D eigenvalue weighted by Gasteiger charge is -2.11. The van der Waals surface area contributed by atoms with Gasteiger partial charge in [0.25, 0.3) is 5.91 Å². The Hall–Kier alpha value is -3.49. The summed E-state index contributed by atoms with van der Waals surface area (Å²) in [6, 6.07) is 21.7. The Kier molecular flexibility index (Phi) is 6.31. The molecule has 170 valence electrons. The van der Waals surface area contributed by atoms with Crippen molar-refractivity contribution in [3.8, 4) is 5.69 Å². The summed E-state index contributed by atoms with van der Waals surface area (Å²) in [5, 5.41) is 2.86. The zero-order chi connectivity index (χ0) is 23.6. The molecule has 1 amide bonds. The van der Waals surface area contributed by atoms with Crippen LogP contribution < -0.4 is 10.0 Å². The summed E-state index contributed by atoms with van der Waals surface area (Å²) >= 11 is 0. The first-order chi connectivity index (χ1) is 15.7. The molecule has 7 nitrogen and oxygen atoms in total. The largest absolute Gasteiger partial charge is 0.348 e. The summed E-state index contributed by atoms with van der Waals surface area (Å²) in [4.78, 5) is 17.6. The molecule has 0 aliphatic carbocycles. The number of benzene rings is 3. The second-order valence-electron chi connectivity index (χ2n) is 8.14. The number of imidazole rings is 1. The van der Waals surface area contributed by atoms with E-state index in [9.17, 15) is 13.2 Å². The first-order valence-corrected chi connectivity index (χ1v) is 12.2. The maximum atomic E-state index is 12.8. The van der Waals surface area contributed by atoms with Gasteiger partial charge in [-0.25, -0.2) is 18.1 Å². The second kappa shape index (κ2) is 9.17. The zero-order valence-electron chi connectivity index (χ0n) is 18.7. The average molecular weight is 463 g/mol. The Labute approximate surface area is 193 Å². The van der Waals surface area contributed by atoms with Gasteiger partial charge in [-0.1, -0.05) is 30.3 Å². The molecule has 4 aromatic rings. The van der Waals surface area contributed by atoms with Crippen LogP contribution in [0.2, 0.25) is 0 Å². The zero-order valence-corrected chi connectivity index (χ0v) is 19.6. The Morgan fingerprint density at radius 1 is 1.00 bits per heavy atom. The molecular formula is C25H26N4O3S. The highest BCUT2D eigenvalue weighted by Crippen LogP contribution is 2.22. The van der Waals surface area contributed by atoms with Gasteiger partial charge in [0.15, 0.2) is 0 Å². The molecule has 0 aliphatic heterocycles. The molecular weight excluding hydrogens is 436 g/mol. The van der Waals surface area contributed by atoms with E-state index in [2.05, 4.69) is 15.0 Å². The third-order valence-corrected chi connectivity index (χ3v) is 6.81. The predicted molar refractivity (Wildman–Crippen MR) is 129 cm³/mol. The van der Waals surface area contributed by atoms with Gasteiger partial charge in [-0.3, -0.25) is 9.36 Å². The minimum absolute atomic E-state index is 0.172. The fourth-order valence-corrected chi connectivity index (χ4v) is 5.05. The molecule has 0 unspecified atom stereocenters. The van der Waals surface area contributed by atoms with Gasteiger partial charge in [-0.15, -0.1) is 0 Å². The molecule has 0 saturated carbocycles. The van der Waals surface area contributed by atoms with Crippen molar-refractivity contribution in [1.82, 2.24) is 19.6 Å². The fourth-order valence-electron chi connectivity index (χ4n) is 3.73. The summed E-state index contributed by atoms with van der Waals surface area (Å²) in [6.07, 6.45) is 0. The van der Waals surface area contributed by atoms with E-state index in [1.165, 1.54) is 6.07 Å². The lowest BCUT2D eigenvalue weighted by atomic mass is 10.1. The standard InChI is InChI=1S/C25H26N4O3S/c1-17(2)28-33(31,32)22-11-7-8-19(14-22)16-26-25(30)20-12-13-24-23(15-20)27-18(3)29(24)21-9-5-4-6-10-21/h4-15,17,28H,16H2,1-3H3,(H,26,30). The summed E-state index contributed by atoms with van der Waals surface area (Å²) in [6.45, 7) is 5.67. The van der Waals surface area contributed by atoms with Crippen LogP contribution >= 0.6 is 0 Å². The number of carbonyl (C=O) groups excluding carboxylic acids is 1. The van der Waals surface area contributed by atoms with Crippen molar-refractivity contribution in [2.45, 2.75) is 38.3 Å². The molecule has 0 spiro atoms. The van der Waals surface area contributed by atoms with Crippen LogP contribution in [0, 0.1) is 6.92 Å². The van der Waals surface area contributed by atoms with Crippen LogP contribution in [0.3, 0.4) is 0 Å². The number of fused-ring (bicyclic) bond motifs is 1. The van der Waals surface area contributed by atoms with E-state index in [4.69, 9.17) is 0 Å². The molecule has 0 saturated heterocycles. The van der Waals surface area contributed by atoms with Crippen molar-refractivity contribution in [2.75, 3.05) is 0 Å². The van der Waals surface area contributed by atoms with Crippen molar-refractivity contribution in [3.05, 3.63) is 89.7 Å². The van der Waals surface area contributed by atoms with E-state index in [1.54, 1.807) is 44.2 Å². The van der Waals surface area contributed by atoms with Crippen molar-refractivity contribution < 1.29 is 13.2 Å². The monoisotopic (exact) mass is 462 g/mol. The molecule has 0 aliphatic rings. The van der Waals surface area contributed by atoms with Crippen LogP contribution in [0.1, 0.15) is 35.6 Å². The molecule has 1 aromatic heterocycles. The number of hydrogen-bond donors (Lipinski definition) is 2. The van der Waals surface area contributed by atoms with Crippen LogP contribution in [0.25, 0.3) is 16.7 Å². The lowest BCUT2D eigenvalue weighted by molar-refractivity contribution is 0.0951. The first-order valence-electron chi connectivity index (χ1n) is 10.7. The molecule has 2 N–H and O–H groups in total. The maximum Gasteiger partial charge on any atom is 0.251 e. The topological polar surface area (TPSA) is 93.1 Å². The normalized spacial score (nSPS) is 11.8. The van der Waals surface area contributed by atoms with Gasteiger partial charge < -0.3 is 5.32 Å². The van der Waals surface area contributed by atoms with Crippen LogP contribution in [-0.4, -0.2) is 29.9 Å². The molecule has 0 fully saturated rings. The van der Waals surface area contributed by atoms with E-state index in [0.717, 1.165) is 22.5 Å². The van der Waals surface area contributed by atoms with Crippen LogP contribution in [0.5, 0.6) is 0 Å². The number of carbonyl (C=O) groups is 1. The fraction of sp³-hybridized carbons (Fsp3) is 0.200. The van der Waals surface area contributed by atoms with Gasteiger partial charge in [0, 0.05) is 23.8 Å². The van der Waals surface area contributed by atoms with Gasteiger partial charge >= 0.3 is 0 Å². The average Bonchev–Trinajstić information content (AvgIpc) is 3.12. The summed E-state index contributed by atoms with van der Waals surface area (Å²) in [5.41, 5.74) is 3.85. The van der Waals surface area contributed by atoms with Gasteiger partial charge in [-0.2, -0.15) is 0 Å². The molecule has 0 radical (unpaired) electrons. The molecule has 4 rings (SSSR count). The minimum Gasteiger partial charge on any atom is -0.348 e. The van der Waals surface area contributed by atoms with Gasteiger partial charge in [-0.05, 0) is 68.8 Å². The number of para-hydroxylation sites is 1. The van der Waals surface area contributed by atoms with Gasteiger partial charge in [0.05, 0.1) is 15.9 Å². The molecule has 3 aromatic carbocycles. The first kappa shape index (κ1) is 22.7. The maximum absolute atomic E-state index is 12.8. The lowest BCUT2D eigenvalue weighted by Crippen LogP contribution is -2.30. The highest BCUT2D eigenvalue weighted by Gasteiger charge is 2.16. The van der Waals surface area contributed by atoms with E-state index >= 15 is 0 Å². The smallest absolute Gasteiger partial charge is 0.251 e. The number of sulfonamides is 1. The van der Waals surface area contributed by atoms with Crippen molar-refractivity contribution in [1.29, 1.82) is 0 Å². The van der Waals surface area contributed by atoms with Crippen LogP contribution in [0.15, 0.2) is 77.7 Å². The summed E-state index contributed by atoms with van der Waals surface area (Å²) in [7, 11) is -3.60. The summed E-state index contributed by atoms with van der Waals surface area (Å²) in [5.74, 6) is 0.583. The number of hydrogen-bond acceptors (Lipinski definition) is 4. The third-order valence-electron chi connectivity index (χ3n) is 5.15. The van der Waals surface area contributed by atoms with Crippen molar-refractivity contribution in [3.63, 3.8) is 0 Å². The number of nitrogens with one attached hydrogen (secondary N) is 2. The Bertz CT molecular complexity index is 1410. The predicted octanol–water partition coefficient (Wildman–Crippen LogP) is 3.95. The Morgan fingerprint density at radius 3 is 2.48 bits per heavy atom. The Balaban J connectivity index is 1.52. The number of nitrogens with zero attached hydrogens (tertiary/aromatic N) is 2. The molecule has 33 heavy (non-hydrogen) atoms.